The molecule has 1 aliphatic heterocycles. The number of nitrogens with one attached hydrogen (secondary N) is 2. The Balaban J connectivity index is 1.61. The van der Waals surface area contributed by atoms with Crippen LogP contribution in [0.4, 0.5) is 0 Å². The van der Waals surface area contributed by atoms with E-state index in [9.17, 15) is 9.59 Å². The molecule has 2 N–H and O–H groups in total. The quantitative estimate of drug-likeness (QED) is 0.581. The van der Waals surface area contributed by atoms with Gasteiger partial charge in [0.05, 0.1) is 12.5 Å². The predicted octanol–water partition coefficient (Wildman–Crippen LogP) is 2.82. The standard InChI is InChI=1S/C20H33N3O2S/c1-2-3-4-5-11-22-20(25)17-8-6-13-23(15-17)16-19(24)21-12-10-18-9-7-14-26-18/h7,9,14,17H,2-6,8,10-13,15-16H2,1H3,(H,21,24)(H,22,25). The molecule has 6 heteroatoms. The summed E-state index contributed by atoms with van der Waals surface area (Å²) < 4.78 is 0. The highest BCUT2D eigenvalue weighted by molar-refractivity contribution is 7.09. The minimum Gasteiger partial charge on any atom is -0.356 e. The Hall–Kier alpha value is -1.40. The number of amides is 2. The number of carbonyl (C=O) groups excluding carboxylic acids is 2. The van der Waals surface area contributed by atoms with Crippen LogP contribution in [0.5, 0.6) is 0 Å². The van der Waals surface area contributed by atoms with Crippen LogP contribution in [0, 0.1) is 5.92 Å². The van der Waals surface area contributed by atoms with Gasteiger partial charge in [-0.05, 0) is 43.7 Å². The van der Waals surface area contributed by atoms with Crippen molar-refractivity contribution in [2.24, 2.45) is 5.92 Å². The van der Waals surface area contributed by atoms with Crippen LogP contribution in [0.2, 0.25) is 0 Å². The third-order valence-corrected chi connectivity index (χ3v) is 5.78. The average Bonchev–Trinajstić information content (AvgIpc) is 3.15. The van der Waals surface area contributed by atoms with Crippen molar-refractivity contribution in [1.82, 2.24) is 15.5 Å². The maximum Gasteiger partial charge on any atom is 0.234 e. The van der Waals surface area contributed by atoms with Gasteiger partial charge in [0, 0.05) is 24.5 Å². The molecule has 2 amide bonds. The molecule has 1 fully saturated rings. The lowest BCUT2D eigenvalue weighted by Crippen LogP contribution is -2.46. The van der Waals surface area contributed by atoms with Crippen LogP contribution >= 0.6 is 11.3 Å². The van der Waals surface area contributed by atoms with Crippen molar-refractivity contribution in [2.45, 2.75) is 51.9 Å². The SMILES string of the molecule is CCCCCCNC(=O)C1CCCN(CC(=O)NCCc2cccs2)C1. The van der Waals surface area contributed by atoms with Crippen molar-refractivity contribution in [3.63, 3.8) is 0 Å². The van der Waals surface area contributed by atoms with Gasteiger partial charge in [-0.3, -0.25) is 14.5 Å². The first-order valence-electron chi connectivity index (χ1n) is 9.98. The summed E-state index contributed by atoms with van der Waals surface area (Å²) in [7, 11) is 0. The van der Waals surface area contributed by atoms with E-state index in [0.717, 1.165) is 38.8 Å². The van der Waals surface area contributed by atoms with E-state index in [1.165, 1.54) is 24.1 Å². The molecule has 0 aromatic carbocycles. The lowest BCUT2D eigenvalue weighted by Gasteiger charge is -2.31. The van der Waals surface area contributed by atoms with Gasteiger partial charge >= 0.3 is 0 Å². The van der Waals surface area contributed by atoms with Crippen molar-refractivity contribution < 1.29 is 9.59 Å². The van der Waals surface area contributed by atoms with E-state index in [-0.39, 0.29) is 17.7 Å². The molecule has 146 valence electrons. The highest BCUT2D eigenvalue weighted by Crippen LogP contribution is 2.16. The second-order valence-corrected chi connectivity index (χ2v) is 8.14. The van der Waals surface area contributed by atoms with Crippen LogP contribution in [-0.4, -0.2) is 49.4 Å². The molecule has 2 rings (SSSR count). The smallest absolute Gasteiger partial charge is 0.234 e. The number of nitrogens with zero attached hydrogens (tertiary/aromatic N) is 1. The van der Waals surface area contributed by atoms with Crippen LogP contribution in [0.3, 0.4) is 0 Å². The Morgan fingerprint density at radius 3 is 2.88 bits per heavy atom. The first-order chi connectivity index (χ1) is 12.7. The lowest BCUT2D eigenvalue weighted by molar-refractivity contribution is -0.128. The van der Waals surface area contributed by atoms with Gasteiger partial charge in [0.2, 0.25) is 11.8 Å². The maximum absolute atomic E-state index is 12.3. The summed E-state index contributed by atoms with van der Waals surface area (Å²) in [5.74, 6) is 0.236. The zero-order chi connectivity index (χ0) is 18.6. The summed E-state index contributed by atoms with van der Waals surface area (Å²) in [4.78, 5) is 27.9. The van der Waals surface area contributed by atoms with Gasteiger partial charge < -0.3 is 10.6 Å². The second kappa shape index (κ2) is 12.1. The predicted molar refractivity (Wildman–Crippen MR) is 107 cm³/mol. The van der Waals surface area contributed by atoms with E-state index in [1.54, 1.807) is 11.3 Å². The lowest BCUT2D eigenvalue weighted by atomic mass is 9.97. The monoisotopic (exact) mass is 379 g/mol. The molecule has 1 saturated heterocycles. The summed E-state index contributed by atoms with van der Waals surface area (Å²) in [5.41, 5.74) is 0. The molecule has 1 aromatic rings. The van der Waals surface area contributed by atoms with Crippen LogP contribution in [0.15, 0.2) is 17.5 Å². The Labute approximate surface area is 161 Å². The molecular weight excluding hydrogens is 346 g/mol. The van der Waals surface area contributed by atoms with Gasteiger partial charge in [0.25, 0.3) is 0 Å². The van der Waals surface area contributed by atoms with E-state index in [4.69, 9.17) is 0 Å². The topological polar surface area (TPSA) is 61.4 Å². The van der Waals surface area contributed by atoms with Gasteiger partial charge in [-0.15, -0.1) is 11.3 Å². The minimum absolute atomic E-state index is 0.0221. The minimum atomic E-state index is 0.0221. The number of thiophene rings is 1. The summed E-state index contributed by atoms with van der Waals surface area (Å²) in [5, 5.41) is 8.12. The largest absolute Gasteiger partial charge is 0.356 e. The molecule has 0 saturated carbocycles. The third kappa shape index (κ3) is 7.87. The van der Waals surface area contributed by atoms with Crippen LogP contribution in [-0.2, 0) is 16.0 Å². The van der Waals surface area contributed by atoms with E-state index in [2.05, 4.69) is 33.9 Å². The van der Waals surface area contributed by atoms with Crippen LogP contribution in [0.1, 0.15) is 50.3 Å². The summed E-state index contributed by atoms with van der Waals surface area (Å²) in [6, 6.07) is 4.12. The summed E-state index contributed by atoms with van der Waals surface area (Å²) in [6.07, 6.45) is 7.47. The van der Waals surface area contributed by atoms with Crippen molar-refractivity contribution in [3.8, 4) is 0 Å². The highest BCUT2D eigenvalue weighted by Gasteiger charge is 2.26. The van der Waals surface area contributed by atoms with Gasteiger partial charge in [-0.1, -0.05) is 32.3 Å². The average molecular weight is 380 g/mol. The van der Waals surface area contributed by atoms with E-state index in [1.807, 2.05) is 6.07 Å². The Bertz CT molecular complexity index is 533. The van der Waals surface area contributed by atoms with Crippen molar-refractivity contribution in [1.29, 1.82) is 0 Å². The molecule has 5 nitrogen and oxygen atoms in total. The fourth-order valence-electron chi connectivity index (χ4n) is 3.36. The number of likely N-dealkylation sites (tertiary alicyclic amines) is 1. The number of unbranched alkanes of at least 4 members (excludes halogenated alkanes) is 3. The van der Waals surface area contributed by atoms with Gasteiger partial charge in [0.15, 0.2) is 0 Å². The normalized spacial score (nSPS) is 17.8. The maximum atomic E-state index is 12.3. The Morgan fingerprint density at radius 2 is 2.12 bits per heavy atom. The van der Waals surface area contributed by atoms with E-state index < -0.39 is 0 Å². The fraction of sp³-hybridized carbons (Fsp3) is 0.700. The van der Waals surface area contributed by atoms with Crippen molar-refractivity contribution in [2.75, 3.05) is 32.7 Å². The molecule has 1 atom stereocenters. The summed E-state index contributed by atoms with van der Waals surface area (Å²) >= 11 is 1.72. The first-order valence-corrected chi connectivity index (χ1v) is 10.9. The van der Waals surface area contributed by atoms with E-state index >= 15 is 0 Å². The number of hydrogen-bond donors (Lipinski definition) is 2. The van der Waals surface area contributed by atoms with Crippen molar-refractivity contribution in [3.05, 3.63) is 22.4 Å². The molecule has 1 aliphatic rings. The molecule has 0 spiro atoms. The number of carbonyl (C=O) groups is 2. The molecule has 2 heterocycles. The van der Waals surface area contributed by atoms with Gasteiger partial charge in [0.1, 0.15) is 0 Å². The van der Waals surface area contributed by atoms with Gasteiger partial charge in [-0.2, -0.15) is 0 Å². The zero-order valence-corrected chi connectivity index (χ0v) is 16.8. The van der Waals surface area contributed by atoms with E-state index in [0.29, 0.717) is 19.6 Å². The zero-order valence-electron chi connectivity index (χ0n) is 16.0. The number of rotatable bonds is 11. The number of piperidine rings is 1. The fourth-order valence-corrected chi connectivity index (χ4v) is 4.07. The molecule has 0 bridgehead atoms. The highest BCUT2D eigenvalue weighted by atomic mass is 32.1. The molecule has 0 aliphatic carbocycles. The summed E-state index contributed by atoms with van der Waals surface area (Å²) in [6.45, 7) is 5.63. The molecule has 0 radical (unpaired) electrons. The molecular formula is C20H33N3O2S. The Morgan fingerprint density at radius 1 is 1.23 bits per heavy atom. The van der Waals surface area contributed by atoms with Crippen LogP contribution < -0.4 is 10.6 Å². The molecule has 1 unspecified atom stereocenters. The second-order valence-electron chi connectivity index (χ2n) is 7.11. The third-order valence-electron chi connectivity index (χ3n) is 4.85. The first kappa shape index (κ1) is 20.9. The number of hydrogen-bond acceptors (Lipinski definition) is 4. The van der Waals surface area contributed by atoms with Gasteiger partial charge in [-0.25, -0.2) is 0 Å². The van der Waals surface area contributed by atoms with Crippen molar-refractivity contribution >= 4 is 23.2 Å². The van der Waals surface area contributed by atoms with Crippen LogP contribution in [0.25, 0.3) is 0 Å². The Kier molecular flexibility index (Phi) is 9.71. The molecule has 26 heavy (non-hydrogen) atoms. The molecule has 1 aromatic heterocycles.